The number of nitrogens with one attached hydrogen (secondary N) is 3. The van der Waals surface area contributed by atoms with Gasteiger partial charge in [0.05, 0.1) is 29.7 Å². The first-order valence-corrected chi connectivity index (χ1v) is 8.56. The van der Waals surface area contributed by atoms with Gasteiger partial charge in [-0.05, 0) is 38.0 Å². The van der Waals surface area contributed by atoms with Gasteiger partial charge in [0.1, 0.15) is 0 Å². The second-order valence-electron chi connectivity index (χ2n) is 6.76. The van der Waals surface area contributed by atoms with E-state index in [-0.39, 0.29) is 23.5 Å². The van der Waals surface area contributed by atoms with Crippen LogP contribution in [0.1, 0.15) is 44.7 Å². The van der Waals surface area contributed by atoms with E-state index in [4.69, 9.17) is 11.6 Å². The summed E-state index contributed by atoms with van der Waals surface area (Å²) >= 11 is 6.03. The van der Waals surface area contributed by atoms with Crippen LogP contribution in [0, 0.1) is 0 Å². The van der Waals surface area contributed by atoms with E-state index in [1.807, 2.05) is 6.92 Å². The summed E-state index contributed by atoms with van der Waals surface area (Å²) in [6.45, 7) is 5.14. The lowest BCUT2D eigenvalue weighted by Crippen LogP contribution is -2.61. The zero-order valence-electron chi connectivity index (χ0n) is 14.6. The van der Waals surface area contributed by atoms with E-state index < -0.39 is 29.2 Å². The SMILES string of the molecule is CCC1NC(=O)CC(C(=O)NC(C)(C)c2ccc(C(F)(F)F)cc2Cl)N1. The Kier molecular flexibility index (Phi) is 5.87. The molecule has 0 radical (unpaired) electrons. The maximum atomic E-state index is 12.8. The van der Waals surface area contributed by atoms with Crippen LogP contribution in [-0.2, 0) is 21.3 Å². The van der Waals surface area contributed by atoms with E-state index in [0.717, 1.165) is 12.1 Å². The summed E-state index contributed by atoms with van der Waals surface area (Å²) in [4.78, 5) is 24.3. The zero-order valence-corrected chi connectivity index (χ0v) is 15.4. The molecule has 0 bridgehead atoms. The Morgan fingerprint density at radius 2 is 2.00 bits per heavy atom. The summed E-state index contributed by atoms with van der Waals surface area (Å²) in [5.74, 6) is -0.652. The molecule has 1 aromatic rings. The van der Waals surface area contributed by atoms with E-state index in [2.05, 4.69) is 16.0 Å². The molecule has 26 heavy (non-hydrogen) atoms. The predicted octanol–water partition coefficient (Wildman–Crippen LogP) is 2.92. The van der Waals surface area contributed by atoms with Crippen LogP contribution in [0.15, 0.2) is 18.2 Å². The molecule has 2 unspecified atom stereocenters. The quantitative estimate of drug-likeness (QED) is 0.739. The molecule has 1 fully saturated rings. The van der Waals surface area contributed by atoms with Crippen LogP contribution in [-0.4, -0.2) is 24.0 Å². The van der Waals surface area contributed by atoms with Gasteiger partial charge in [0.25, 0.3) is 0 Å². The molecule has 0 aliphatic carbocycles. The van der Waals surface area contributed by atoms with Crippen molar-refractivity contribution in [3.63, 3.8) is 0 Å². The topological polar surface area (TPSA) is 70.2 Å². The maximum absolute atomic E-state index is 12.8. The Hall–Kier alpha value is -1.80. The second kappa shape index (κ2) is 7.44. The van der Waals surface area contributed by atoms with Gasteiger partial charge in [-0.3, -0.25) is 14.9 Å². The number of carbonyl (C=O) groups excluding carboxylic acids is 2. The van der Waals surface area contributed by atoms with Gasteiger partial charge >= 0.3 is 6.18 Å². The van der Waals surface area contributed by atoms with Crippen molar-refractivity contribution < 1.29 is 22.8 Å². The highest BCUT2D eigenvalue weighted by atomic mass is 35.5. The van der Waals surface area contributed by atoms with Crippen molar-refractivity contribution in [2.75, 3.05) is 0 Å². The van der Waals surface area contributed by atoms with Crippen molar-refractivity contribution in [3.05, 3.63) is 34.3 Å². The number of halogens is 4. The number of alkyl halides is 3. The van der Waals surface area contributed by atoms with Crippen molar-refractivity contribution in [1.29, 1.82) is 0 Å². The number of rotatable bonds is 4. The minimum Gasteiger partial charge on any atom is -0.346 e. The number of amides is 2. The van der Waals surface area contributed by atoms with Crippen molar-refractivity contribution in [3.8, 4) is 0 Å². The van der Waals surface area contributed by atoms with Crippen molar-refractivity contribution >= 4 is 23.4 Å². The smallest absolute Gasteiger partial charge is 0.346 e. The Morgan fingerprint density at radius 1 is 1.35 bits per heavy atom. The van der Waals surface area contributed by atoms with Gasteiger partial charge in [-0.15, -0.1) is 0 Å². The first-order valence-electron chi connectivity index (χ1n) is 8.18. The molecule has 0 saturated carbocycles. The molecule has 2 atom stereocenters. The van der Waals surface area contributed by atoms with E-state index in [0.29, 0.717) is 12.0 Å². The molecule has 1 heterocycles. The molecule has 1 aromatic carbocycles. The summed E-state index contributed by atoms with van der Waals surface area (Å²) in [5, 5.41) is 8.41. The van der Waals surface area contributed by atoms with Gasteiger partial charge < -0.3 is 10.6 Å². The Balaban J connectivity index is 2.17. The fraction of sp³-hybridized carbons (Fsp3) is 0.529. The number of carbonyl (C=O) groups is 2. The molecule has 1 aliphatic heterocycles. The van der Waals surface area contributed by atoms with Crippen LogP contribution in [0.4, 0.5) is 13.2 Å². The summed E-state index contributed by atoms with van der Waals surface area (Å²) in [5.41, 5.74) is -1.52. The maximum Gasteiger partial charge on any atom is 0.416 e. The molecule has 9 heteroatoms. The monoisotopic (exact) mass is 391 g/mol. The van der Waals surface area contributed by atoms with E-state index >= 15 is 0 Å². The average molecular weight is 392 g/mol. The molecular weight excluding hydrogens is 371 g/mol. The molecule has 0 aromatic heterocycles. The van der Waals surface area contributed by atoms with Crippen LogP contribution < -0.4 is 16.0 Å². The first-order chi connectivity index (χ1) is 11.9. The number of hydrogen-bond acceptors (Lipinski definition) is 3. The van der Waals surface area contributed by atoms with Gasteiger partial charge in [-0.1, -0.05) is 24.6 Å². The molecule has 3 N–H and O–H groups in total. The van der Waals surface area contributed by atoms with Gasteiger partial charge in [0, 0.05) is 5.02 Å². The highest BCUT2D eigenvalue weighted by Gasteiger charge is 2.35. The zero-order chi connectivity index (χ0) is 19.7. The van der Waals surface area contributed by atoms with Crippen LogP contribution >= 0.6 is 11.6 Å². The Morgan fingerprint density at radius 3 is 2.54 bits per heavy atom. The fourth-order valence-corrected chi connectivity index (χ4v) is 3.25. The van der Waals surface area contributed by atoms with Crippen LogP contribution in [0.3, 0.4) is 0 Å². The number of hydrogen-bond donors (Lipinski definition) is 3. The van der Waals surface area contributed by atoms with Crippen LogP contribution in [0.5, 0.6) is 0 Å². The molecule has 2 rings (SSSR count). The van der Waals surface area contributed by atoms with Crippen LogP contribution in [0.25, 0.3) is 0 Å². The minimum absolute atomic E-state index is 0.0147. The molecule has 5 nitrogen and oxygen atoms in total. The highest BCUT2D eigenvalue weighted by molar-refractivity contribution is 6.31. The Labute approximate surface area is 154 Å². The number of benzene rings is 1. The first kappa shape index (κ1) is 20.5. The lowest BCUT2D eigenvalue weighted by molar-refractivity contribution is -0.137. The predicted molar refractivity (Wildman–Crippen MR) is 91.4 cm³/mol. The molecule has 144 valence electrons. The summed E-state index contributed by atoms with van der Waals surface area (Å²) < 4.78 is 38.3. The normalized spacial score (nSPS) is 21.3. The van der Waals surface area contributed by atoms with Gasteiger partial charge in [0.2, 0.25) is 11.8 Å². The van der Waals surface area contributed by atoms with Gasteiger partial charge in [-0.2, -0.15) is 13.2 Å². The van der Waals surface area contributed by atoms with Gasteiger partial charge in [-0.25, -0.2) is 0 Å². The lowest BCUT2D eigenvalue weighted by Gasteiger charge is -2.34. The second-order valence-corrected chi connectivity index (χ2v) is 7.17. The molecule has 1 aliphatic rings. The third-order valence-electron chi connectivity index (χ3n) is 4.26. The van der Waals surface area contributed by atoms with Crippen molar-refractivity contribution in [2.45, 2.75) is 57.5 Å². The fourth-order valence-electron chi connectivity index (χ4n) is 2.83. The molecule has 2 amide bonds. The lowest BCUT2D eigenvalue weighted by atomic mass is 9.92. The van der Waals surface area contributed by atoms with Crippen molar-refractivity contribution in [2.24, 2.45) is 0 Å². The highest BCUT2D eigenvalue weighted by Crippen LogP contribution is 2.35. The van der Waals surface area contributed by atoms with Gasteiger partial charge in [0.15, 0.2) is 0 Å². The molecular formula is C17H21ClF3N3O2. The molecule has 1 saturated heterocycles. The molecule has 0 spiro atoms. The van der Waals surface area contributed by atoms with E-state index in [9.17, 15) is 22.8 Å². The third kappa shape index (κ3) is 4.67. The van der Waals surface area contributed by atoms with Crippen molar-refractivity contribution in [1.82, 2.24) is 16.0 Å². The third-order valence-corrected chi connectivity index (χ3v) is 4.57. The standard InChI is InChI=1S/C17H21ClF3N3O2/c1-4-13-22-12(8-14(25)23-13)15(26)24-16(2,3)10-6-5-9(7-11(10)18)17(19,20)21/h5-7,12-13,22H,4,8H2,1-3H3,(H,23,25)(H,24,26). The summed E-state index contributed by atoms with van der Waals surface area (Å²) in [7, 11) is 0. The van der Waals surface area contributed by atoms with E-state index in [1.165, 1.54) is 6.07 Å². The van der Waals surface area contributed by atoms with E-state index in [1.54, 1.807) is 13.8 Å². The Bertz CT molecular complexity index is 707. The minimum atomic E-state index is -4.50. The largest absolute Gasteiger partial charge is 0.416 e. The summed E-state index contributed by atoms with van der Waals surface area (Å²) in [6, 6.07) is 2.29. The van der Waals surface area contributed by atoms with Crippen LogP contribution in [0.2, 0.25) is 5.02 Å². The average Bonchev–Trinajstić information content (AvgIpc) is 2.52. The summed E-state index contributed by atoms with van der Waals surface area (Å²) in [6.07, 6.45) is -4.20.